The van der Waals surface area contributed by atoms with Crippen molar-refractivity contribution in [2.75, 3.05) is 0 Å². The minimum absolute atomic E-state index is 0. The summed E-state index contributed by atoms with van der Waals surface area (Å²) in [4.78, 5) is 4.90. The van der Waals surface area contributed by atoms with Gasteiger partial charge in [-0.15, -0.1) is 29.7 Å². The minimum atomic E-state index is -1.52. The van der Waals surface area contributed by atoms with Crippen molar-refractivity contribution >= 4 is 59.4 Å². The van der Waals surface area contributed by atoms with Gasteiger partial charge in [0.1, 0.15) is 5.82 Å². The molecule has 2 fully saturated rings. The Morgan fingerprint density at radius 1 is 0.568 bits per heavy atom. The number of rotatable bonds is 7. The van der Waals surface area contributed by atoms with Gasteiger partial charge in [0, 0.05) is 44.3 Å². The van der Waals surface area contributed by atoms with Gasteiger partial charge in [-0.1, -0.05) is 209 Å². The zero-order valence-corrected chi connectivity index (χ0v) is 47.1. The first-order valence-electron chi connectivity index (χ1n) is 27.2. The molecular weight excluding hydrogens is 1120 g/mol. The number of benzene rings is 7. The zero-order valence-electron chi connectivity index (χ0n) is 42.8. The molecule has 0 atom stereocenters. The third-order valence-electron chi connectivity index (χ3n) is 17.7. The molecule has 0 radical (unpaired) electrons. The van der Waals surface area contributed by atoms with E-state index in [1.165, 1.54) is 121 Å². The molecule has 4 aliphatic heterocycles. The molecule has 0 bridgehead atoms. The molecule has 0 unspecified atom stereocenters. The van der Waals surface area contributed by atoms with Gasteiger partial charge in [0.05, 0.1) is 32.9 Å². The molecule has 372 valence electrons. The van der Waals surface area contributed by atoms with Crippen molar-refractivity contribution in [3.63, 3.8) is 0 Å². The van der Waals surface area contributed by atoms with E-state index in [9.17, 15) is 0 Å². The third-order valence-corrected chi connectivity index (χ3v) is 28.8. The van der Waals surface area contributed by atoms with E-state index in [4.69, 9.17) is 9.72 Å². The molecule has 0 aliphatic carbocycles. The zero-order chi connectivity index (χ0) is 48.9. The van der Waals surface area contributed by atoms with E-state index in [1.807, 2.05) is 18.3 Å². The van der Waals surface area contributed by atoms with Crippen LogP contribution in [0.4, 0.5) is 0 Å². The van der Waals surface area contributed by atoms with Gasteiger partial charge >= 0.3 is 0 Å². The largest absolute Gasteiger partial charge is 0.510 e. The van der Waals surface area contributed by atoms with Crippen LogP contribution in [0.2, 0.25) is 36.3 Å². The number of hydrogen-bond donors (Lipinski definition) is 0. The standard InChI is InChI=1S/C66H62N4OSi2.Pt/c1-66(2,3)50-32-33-67-64(42-50)70-58-23-5-4-20-56(58)57-31-30-53(44-61(57)70)71-52-19-12-18-51(43-52)68-45-69(60-25-7-6-24-59(60)68)65-54(48-28-26-46-16-14-38-72(62(46)40-48)34-8-9-35-72)21-13-22-55(65)49-29-27-47-17-15-39-73(63(47)41-49)36-10-11-37-73;/h4-7,12-13,18-33,40-42H,8-11,14-17,34-39H2,1-3H3;/q-2;. The van der Waals surface area contributed by atoms with Crippen LogP contribution < -0.4 is 19.7 Å². The van der Waals surface area contributed by atoms with Gasteiger partial charge in [0.2, 0.25) is 0 Å². The molecule has 2 saturated heterocycles. The monoisotopic (exact) mass is 1180 g/mol. The Labute approximate surface area is 452 Å². The maximum Gasteiger partial charge on any atom is 0.268 e. The molecule has 74 heavy (non-hydrogen) atoms. The molecular formula is C66H62N4OPtSi2-2. The van der Waals surface area contributed by atoms with Crippen molar-refractivity contribution in [2.45, 2.75) is 114 Å². The number of nitrogens with zero attached hydrogens (tertiary/aromatic N) is 4. The van der Waals surface area contributed by atoms with E-state index in [-0.39, 0.29) is 26.5 Å². The third kappa shape index (κ3) is 7.94. The quantitative estimate of drug-likeness (QED) is 0.0906. The van der Waals surface area contributed by atoms with Crippen molar-refractivity contribution in [3.05, 3.63) is 187 Å². The molecule has 4 aliphatic rings. The van der Waals surface area contributed by atoms with E-state index in [0.29, 0.717) is 11.5 Å². The Hall–Kier alpha value is -6.12. The van der Waals surface area contributed by atoms with Gasteiger partial charge in [-0.05, 0) is 86.5 Å². The molecule has 7 aromatic carbocycles. The molecule has 14 rings (SSSR count). The first-order valence-corrected chi connectivity index (χ1v) is 32.5. The number of hydrogen-bond acceptors (Lipinski definition) is 2. The van der Waals surface area contributed by atoms with Crippen molar-refractivity contribution in [1.82, 2.24) is 14.1 Å². The predicted octanol–water partition coefficient (Wildman–Crippen LogP) is 15.0. The van der Waals surface area contributed by atoms with Crippen LogP contribution in [-0.4, -0.2) is 30.3 Å². The molecule has 7 heterocycles. The summed E-state index contributed by atoms with van der Waals surface area (Å²) in [7, 11) is -3.03. The SMILES string of the molecule is CC(C)(C)c1ccnc(-n2c3[c-]c(Oc4[c-]c(-n5[c-][n+](-c6c(-c7ccc8c(c7)[Si]7(CCCC7)CCC8)cccc6-c6ccc7c(c6)[Si]6(CCCC6)CCC7)c6ccccc65)ccc4)ccc3c3ccccc32)c1.[Pt]. The fourth-order valence-electron chi connectivity index (χ4n) is 14.1. The number of imidazole rings is 1. The summed E-state index contributed by atoms with van der Waals surface area (Å²) >= 11 is 0. The Morgan fingerprint density at radius 2 is 1.18 bits per heavy atom. The molecule has 8 heteroatoms. The van der Waals surface area contributed by atoms with Crippen LogP contribution in [0.25, 0.3) is 72.3 Å². The summed E-state index contributed by atoms with van der Waals surface area (Å²) in [5, 5.41) is 5.76. The van der Waals surface area contributed by atoms with Gasteiger partial charge in [0.25, 0.3) is 6.33 Å². The maximum absolute atomic E-state index is 6.77. The van der Waals surface area contributed by atoms with Gasteiger partial charge < -0.3 is 13.9 Å². The smallest absolute Gasteiger partial charge is 0.268 e. The Balaban J connectivity index is 0.00000528. The van der Waals surface area contributed by atoms with Crippen molar-refractivity contribution < 1.29 is 30.4 Å². The van der Waals surface area contributed by atoms with Crippen molar-refractivity contribution in [1.29, 1.82) is 0 Å². The Bertz CT molecular complexity index is 3720. The number of aromatic nitrogens is 4. The molecule has 2 spiro atoms. The van der Waals surface area contributed by atoms with E-state index >= 15 is 0 Å². The van der Waals surface area contributed by atoms with Crippen LogP contribution in [0.1, 0.15) is 76.0 Å². The number of fused-ring (bicyclic) bond motifs is 8. The molecule has 5 nitrogen and oxygen atoms in total. The number of ether oxygens (including phenoxy) is 1. The van der Waals surface area contributed by atoms with E-state index in [0.717, 1.165) is 44.3 Å². The first-order chi connectivity index (χ1) is 35.7. The number of para-hydroxylation sites is 4. The maximum atomic E-state index is 6.77. The summed E-state index contributed by atoms with van der Waals surface area (Å²) in [5.41, 5.74) is 15.9. The fraction of sp³-hybridized carbons (Fsp3) is 0.273. The van der Waals surface area contributed by atoms with Gasteiger partial charge in [-0.2, -0.15) is 18.2 Å². The summed E-state index contributed by atoms with van der Waals surface area (Å²) in [6.07, 6.45) is 16.7. The van der Waals surface area contributed by atoms with E-state index in [2.05, 4.69) is 186 Å². The van der Waals surface area contributed by atoms with E-state index < -0.39 is 16.1 Å². The van der Waals surface area contributed by atoms with Crippen LogP contribution in [0.15, 0.2) is 152 Å². The summed E-state index contributed by atoms with van der Waals surface area (Å²) in [6.45, 7) is 6.73. The summed E-state index contributed by atoms with van der Waals surface area (Å²) < 4.78 is 13.5. The number of aryl methyl sites for hydroxylation is 2. The first kappa shape index (κ1) is 47.6. The minimum Gasteiger partial charge on any atom is -0.510 e. The summed E-state index contributed by atoms with van der Waals surface area (Å²) in [6, 6.07) is 70.4. The van der Waals surface area contributed by atoms with Crippen molar-refractivity contribution in [3.8, 4) is 50.9 Å². The van der Waals surface area contributed by atoms with Gasteiger partial charge in [-0.3, -0.25) is 4.57 Å². The second-order valence-corrected chi connectivity index (χ2v) is 32.2. The topological polar surface area (TPSA) is 35.9 Å². The molecule has 0 amide bonds. The molecule has 10 aromatic rings. The van der Waals surface area contributed by atoms with Crippen LogP contribution >= 0.6 is 0 Å². The second-order valence-electron chi connectivity index (χ2n) is 23.0. The Kier molecular flexibility index (Phi) is 12.0. The van der Waals surface area contributed by atoms with Crippen LogP contribution in [-0.2, 0) is 39.3 Å². The summed E-state index contributed by atoms with van der Waals surface area (Å²) in [5.74, 6) is 2.10. The van der Waals surface area contributed by atoms with Crippen LogP contribution in [0.5, 0.6) is 11.5 Å². The average Bonchev–Trinajstić information content (AvgIpc) is 4.24. The van der Waals surface area contributed by atoms with E-state index in [1.54, 1.807) is 21.5 Å². The normalized spacial score (nSPS) is 16.7. The molecule has 3 aromatic heterocycles. The molecule has 0 saturated carbocycles. The van der Waals surface area contributed by atoms with Crippen LogP contribution in [0, 0.1) is 18.5 Å². The van der Waals surface area contributed by atoms with Gasteiger partial charge in [0.15, 0.2) is 0 Å². The van der Waals surface area contributed by atoms with Crippen molar-refractivity contribution in [2.24, 2.45) is 0 Å². The average molecular weight is 1180 g/mol. The number of pyridine rings is 1. The van der Waals surface area contributed by atoms with Gasteiger partial charge in [-0.25, -0.2) is 4.98 Å². The molecule has 0 N–H and O–H groups in total. The second kappa shape index (κ2) is 18.6. The Morgan fingerprint density at radius 3 is 1.85 bits per heavy atom. The predicted molar refractivity (Wildman–Crippen MR) is 304 cm³/mol. The van der Waals surface area contributed by atoms with Crippen LogP contribution in [0.3, 0.4) is 0 Å². The fourth-order valence-corrected chi connectivity index (χ4v) is 25.4.